The Morgan fingerprint density at radius 2 is 1.61 bits per heavy atom. The summed E-state index contributed by atoms with van der Waals surface area (Å²) in [5, 5.41) is 5.48. The minimum Gasteiger partial charge on any atom is -0.326 e. The van der Waals surface area contributed by atoms with Crippen LogP contribution in [-0.2, 0) is 9.59 Å². The van der Waals surface area contributed by atoms with Crippen molar-refractivity contribution in [1.82, 2.24) is 0 Å². The van der Waals surface area contributed by atoms with E-state index >= 15 is 0 Å². The Hall–Kier alpha value is -1.55. The highest BCUT2D eigenvalue weighted by atomic mass is 35.5. The lowest BCUT2D eigenvalue weighted by Crippen LogP contribution is -2.17. The molecule has 0 heterocycles. The minimum absolute atomic E-state index is 0.0334. The molecule has 4 nitrogen and oxygen atoms in total. The molecule has 98 valence electrons. The largest absolute Gasteiger partial charge is 0.326 e. The molecule has 0 radical (unpaired) electrons. The zero-order chi connectivity index (χ0) is 13.5. The molecule has 0 aliphatic carbocycles. The van der Waals surface area contributed by atoms with Crippen LogP contribution in [0.15, 0.2) is 24.3 Å². The molecule has 0 saturated heterocycles. The van der Waals surface area contributed by atoms with Crippen LogP contribution in [0.1, 0.15) is 20.3 Å². The van der Waals surface area contributed by atoms with Gasteiger partial charge in [-0.2, -0.15) is 0 Å². The van der Waals surface area contributed by atoms with Gasteiger partial charge in [-0.15, -0.1) is 11.6 Å². The van der Waals surface area contributed by atoms with Crippen molar-refractivity contribution in [1.29, 1.82) is 0 Å². The standard InChI is InChI=1S/C13H17ClN2O2/c1-9(2)13(18)16-11-5-3-10(4-6-11)15-12(17)7-8-14/h3-6,9H,7-8H2,1-2H3,(H,15,17)(H,16,18). The fourth-order valence-corrected chi connectivity index (χ4v) is 1.40. The molecule has 0 aliphatic rings. The molecule has 18 heavy (non-hydrogen) atoms. The van der Waals surface area contributed by atoms with E-state index in [9.17, 15) is 9.59 Å². The highest BCUT2D eigenvalue weighted by Gasteiger charge is 2.07. The van der Waals surface area contributed by atoms with E-state index in [4.69, 9.17) is 11.6 Å². The number of carbonyl (C=O) groups is 2. The number of hydrogen-bond donors (Lipinski definition) is 2. The molecule has 2 N–H and O–H groups in total. The summed E-state index contributed by atoms with van der Waals surface area (Å²) in [6.45, 7) is 3.66. The molecule has 0 saturated carbocycles. The number of hydrogen-bond acceptors (Lipinski definition) is 2. The van der Waals surface area contributed by atoms with Crippen LogP contribution in [0.5, 0.6) is 0 Å². The van der Waals surface area contributed by atoms with Gasteiger partial charge in [-0.05, 0) is 24.3 Å². The van der Waals surface area contributed by atoms with E-state index in [0.717, 1.165) is 0 Å². The molecular formula is C13H17ClN2O2. The van der Waals surface area contributed by atoms with Crippen molar-refractivity contribution in [3.63, 3.8) is 0 Å². The minimum atomic E-state index is -0.121. The molecule has 0 unspecified atom stereocenters. The molecule has 0 atom stereocenters. The maximum atomic E-state index is 11.5. The Balaban J connectivity index is 2.57. The number of carbonyl (C=O) groups excluding carboxylic acids is 2. The second-order valence-electron chi connectivity index (χ2n) is 4.21. The van der Waals surface area contributed by atoms with Gasteiger partial charge in [0.25, 0.3) is 0 Å². The highest BCUT2D eigenvalue weighted by molar-refractivity contribution is 6.19. The first-order valence-electron chi connectivity index (χ1n) is 5.79. The van der Waals surface area contributed by atoms with E-state index < -0.39 is 0 Å². The molecular weight excluding hydrogens is 252 g/mol. The number of alkyl halides is 1. The molecule has 1 rings (SSSR count). The lowest BCUT2D eigenvalue weighted by molar-refractivity contribution is -0.119. The maximum absolute atomic E-state index is 11.5. The second-order valence-corrected chi connectivity index (χ2v) is 4.59. The molecule has 1 aromatic rings. The van der Waals surface area contributed by atoms with Gasteiger partial charge in [0.2, 0.25) is 11.8 Å². The van der Waals surface area contributed by atoms with Gasteiger partial charge in [-0.25, -0.2) is 0 Å². The molecule has 0 bridgehead atoms. The molecule has 2 amide bonds. The lowest BCUT2D eigenvalue weighted by atomic mass is 10.2. The Morgan fingerprint density at radius 3 is 2.06 bits per heavy atom. The normalized spacial score (nSPS) is 10.2. The average Bonchev–Trinajstić information content (AvgIpc) is 2.31. The van der Waals surface area contributed by atoms with E-state index in [2.05, 4.69) is 10.6 Å². The smallest absolute Gasteiger partial charge is 0.226 e. The van der Waals surface area contributed by atoms with E-state index in [0.29, 0.717) is 17.3 Å². The van der Waals surface area contributed by atoms with E-state index in [-0.39, 0.29) is 24.2 Å². The number of benzene rings is 1. The van der Waals surface area contributed by atoms with Crippen LogP contribution in [0, 0.1) is 5.92 Å². The predicted molar refractivity (Wildman–Crippen MR) is 73.9 cm³/mol. The van der Waals surface area contributed by atoms with Crippen molar-refractivity contribution < 1.29 is 9.59 Å². The zero-order valence-corrected chi connectivity index (χ0v) is 11.3. The van der Waals surface area contributed by atoms with Crippen LogP contribution in [0.3, 0.4) is 0 Å². The molecule has 0 spiro atoms. The predicted octanol–water partition coefficient (Wildman–Crippen LogP) is 2.85. The van der Waals surface area contributed by atoms with E-state index in [1.807, 2.05) is 13.8 Å². The van der Waals surface area contributed by atoms with Crippen LogP contribution in [-0.4, -0.2) is 17.7 Å². The zero-order valence-electron chi connectivity index (χ0n) is 10.5. The summed E-state index contributed by atoms with van der Waals surface area (Å²) in [5.41, 5.74) is 1.40. The van der Waals surface area contributed by atoms with Crippen LogP contribution < -0.4 is 10.6 Å². The fraction of sp³-hybridized carbons (Fsp3) is 0.385. The SMILES string of the molecule is CC(C)C(=O)Nc1ccc(NC(=O)CCCl)cc1. The van der Waals surface area contributed by atoms with Gasteiger partial charge in [-0.3, -0.25) is 9.59 Å². The Morgan fingerprint density at radius 1 is 1.11 bits per heavy atom. The quantitative estimate of drug-likeness (QED) is 0.807. The Bertz CT molecular complexity index is 416. The summed E-state index contributed by atoms with van der Waals surface area (Å²) in [4.78, 5) is 22.8. The van der Waals surface area contributed by atoms with Crippen LogP contribution in [0.25, 0.3) is 0 Å². The van der Waals surface area contributed by atoms with Crippen LogP contribution in [0.4, 0.5) is 11.4 Å². The van der Waals surface area contributed by atoms with Crippen LogP contribution >= 0.6 is 11.6 Å². The lowest BCUT2D eigenvalue weighted by Gasteiger charge is -2.09. The average molecular weight is 269 g/mol. The third kappa shape index (κ3) is 4.75. The summed E-state index contributed by atoms with van der Waals surface area (Å²) < 4.78 is 0. The molecule has 1 aromatic carbocycles. The van der Waals surface area contributed by atoms with Gasteiger partial charge >= 0.3 is 0 Å². The highest BCUT2D eigenvalue weighted by Crippen LogP contribution is 2.14. The van der Waals surface area contributed by atoms with Crippen LogP contribution in [0.2, 0.25) is 0 Å². The number of halogens is 1. The molecule has 0 fully saturated rings. The first kappa shape index (κ1) is 14.5. The number of rotatable bonds is 5. The third-order valence-electron chi connectivity index (χ3n) is 2.28. The summed E-state index contributed by atoms with van der Waals surface area (Å²) in [7, 11) is 0. The van der Waals surface area contributed by atoms with Crippen molar-refractivity contribution in [2.24, 2.45) is 5.92 Å². The van der Waals surface area contributed by atoms with Gasteiger partial charge in [0, 0.05) is 29.6 Å². The van der Waals surface area contributed by atoms with Gasteiger partial charge in [0.05, 0.1) is 0 Å². The van der Waals surface area contributed by atoms with Gasteiger partial charge in [0.1, 0.15) is 0 Å². The van der Waals surface area contributed by atoms with Crippen molar-refractivity contribution in [2.75, 3.05) is 16.5 Å². The fourth-order valence-electron chi connectivity index (χ4n) is 1.23. The Kier molecular flexibility index (Phi) is 5.65. The first-order chi connectivity index (χ1) is 8.52. The van der Waals surface area contributed by atoms with Gasteiger partial charge in [-0.1, -0.05) is 13.8 Å². The van der Waals surface area contributed by atoms with Crippen molar-refractivity contribution in [2.45, 2.75) is 20.3 Å². The summed E-state index contributed by atoms with van der Waals surface area (Å²) in [6.07, 6.45) is 0.285. The van der Waals surface area contributed by atoms with Gasteiger partial charge in [0.15, 0.2) is 0 Å². The Labute approximate surface area is 112 Å². The third-order valence-corrected chi connectivity index (χ3v) is 2.47. The molecule has 5 heteroatoms. The monoisotopic (exact) mass is 268 g/mol. The number of amides is 2. The van der Waals surface area contributed by atoms with Crippen molar-refractivity contribution >= 4 is 34.8 Å². The summed E-state index contributed by atoms with van der Waals surface area (Å²) in [5.74, 6) is 0.0833. The molecule has 0 aromatic heterocycles. The summed E-state index contributed by atoms with van der Waals surface area (Å²) >= 11 is 5.47. The number of nitrogens with one attached hydrogen (secondary N) is 2. The van der Waals surface area contributed by atoms with Crippen molar-refractivity contribution in [3.05, 3.63) is 24.3 Å². The van der Waals surface area contributed by atoms with Crippen molar-refractivity contribution in [3.8, 4) is 0 Å². The second kappa shape index (κ2) is 7.01. The van der Waals surface area contributed by atoms with E-state index in [1.165, 1.54) is 0 Å². The topological polar surface area (TPSA) is 58.2 Å². The van der Waals surface area contributed by atoms with E-state index in [1.54, 1.807) is 24.3 Å². The summed E-state index contributed by atoms with van der Waals surface area (Å²) in [6, 6.07) is 6.97. The first-order valence-corrected chi connectivity index (χ1v) is 6.33. The molecule has 0 aliphatic heterocycles. The number of anilines is 2. The van der Waals surface area contributed by atoms with Gasteiger partial charge < -0.3 is 10.6 Å². The maximum Gasteiger partial charge on any atom is 0.226 e.